The van der Waals surface area contributed by atoms with Gasteiger partial charge in [-0.25, -0.2) is 4.39 Å². The van der Waals surface area contributed by atoms with Crippen LogP contribution in [0.1, 0.15) is 44.4 Å². The number of carbonyl (C=O) groups is 3. The summed E-state index contributed by atoms with van der Waals surface area (Å²) in [6.45, 7) is 7.63. The maximum atomic E-state index is 13.2. The molecular formula is C24H30FN3O3. The van der Waals surface area contributed by atoms with Crippen molar-refractivity contribution in [2.45, 2.75) is 58.0 Å². The molecule has 0 aliphatic rings. The number of nitrogens with two attached hydrogens (primary N) is 1. The van der Waals surface area contributed by atoms with Crippen LogP contribution in [0.4, 0.5) is 4.39 Å². The average molecular weight is 428 g/mol. The SMILES string of the molecule is CC(=O)N[C@@H](Cc1ccc(F)cc1)C(=O)N[C@H](Cc1ccc(C(C)(C)C)cc1)C(N)=O. The summed E-state index contributed by atoms with van der Waals surface area (Å²) in [5.74, 6) is -1.99. The molecule has 3 amide bonds. The van der Waals surface area contributed by atoms with Crippen LogP contribution in [-0.2, 0) is 32.6 Å². The highest BCUT2D eigenvalue weighted by Crippen LogP contribution is 2.22. The van der Waals surface area contributed by atoms with Crippen LogP contribution in [0, 0.1) is 5.82 Å². The molecule has 0 saturated carbocycles. The third-order valence-electron chi connectivity index (χ3n) is 4.97. The molecule has 0 aliphatic heterocycles. The standard InChI is InChI=1S/C24H30FN3O3/c1-15(29)27-21(14-17-7-11-19(25)12-8-17)23(31)28-20(22(26)30)13-16-5-9-18(10-6-16)24(2,3)4/h5-12,20-21H,13-14H2,1-4H3,(H2,26,30)(H,27,29)(H,28,31)/t20-,21+/m1/s1. The first-order chi connectivity index (χ1) is 14.5. The Labute approximate surface area is 182 Å². The number of amides is 3. The van der Waals surface area contributed by atoms with E-state index in [1.807, 2.05) is 24.3 Å². The van der Waals surface area contributed by atoms with Crippen LogP contribution in [0.5, 0.6) is 0 Å². The summed E-state index contributed by atoms with van der Waals surface area (Å²) < 4.78 is 13.2. The number of hydrogen-bond acceptors (Lipinski definition) is 3. The molecule has 2 aromatic rings. The zero-order valence-electron chi connectivity index (χ0n) is 18.4. The molecule has 31 heavy (non-hydrogen) atoms. The lowest BCUT2D eigenvalue weighted by Gasteiger charge is -2.22. The molecule has 2 rings (SSSR count). The fourth-order valence-electron chi connectivity index (χ4n) is 3.18. The lowest BCUT2D eigenvalue weighted by molar-refractivity contribution is -0.130. The summed E-state index contributed by atoms with van der Waals surface area (Å²) >= 11 is 0. The van der Waals surface area contributed by atoms with Crippen molar-refractivity contribution in [2.75, 3.05) is 0 Å². The summed E-state index contributed by atoms with van der Waals surface area (Å²) in [6, 6.07) is 11.6. The van der Waals surface area contributed by atoms with E-state index in [9.17, 15) is 18.8 Å². The molecule has 0 heterocycles. The molecule has 0 saturated heterocycles. The van der Waals surface area contributed by atoms with Crippen molar-refractivity contribution in [1.82, 2.24) is 10.6 Å². The third-order valence-corrected chi connectivity index (χ3v) is 4.97. The predicted molar refractivity (Wildman–Crippen MR) is 118 cm³/mol. The lowest BCUT2D eigenvalue weighted by atomic mass is 9.86. The second-order valence-corrected chi connectivity index (χ2v) is 8.70. The molecule has 0 spiro atoms. The molecular weight excluding hydrogens is 397 g/mol. The Morgan fingerprint density at radius 2 is 1.35 bits per heavy atom. The van der Waals surface area contributed by atoms with E-state index in [1.165, 1.54) is 19.1 Å². The Bertz CT molecular complexity index is 919. The van der Waals surface area contributed by atoms with Crippen molar-refractivity contribution in [3.05, 3.63) is 71.0 Å². The molecule has 2 atom stereocenters. The fraction of sp³-hybridized carbons (Fsp3) is 0.375. The van der Waals surface area contributed by atoms with E-state index >= 15 is 0 Å². The Morgan fingerprint density at radius 1 is 0.871 bits per heavy atom. The molecule has 166 valence electrons. The average Bonchev–Trinajstić information content (AvgIpc) is 2.68. The molecule has 4 N–H and O–H groups in total. The number of rotatable bonds is 8. The molecule has 6 nitrogen and oxygen atoms in total. The lowest BCUT2D eigenvalue weighted by Crippen LogP contribution is -2.54. The van der Waals surface area contributed by atoms with Crippen molar-refractivity contribution < 1.29 is 18.8 Å². The number of hydrogen-bond donors (Lipinski definition) is 3. The first kappa shape index (κ1) is 24.1. The Morgan fingerprint density at radius 3 is 1.81 bits per heavy atom. The summed E-state index contributed by atoms with van der Waals surface area (Å²) in [5.41, 5.74) is 8.20. The quantitative estimate of drug-likeness (QED) is 0.603. The number of nitrogens with one attached hydrogen (secondary N) is 2. The number of benzene rings is 2. The Kier molecular flexibility index (Phi) is 7.91. The Balaban J connectivity index is 2.12. The number of primary amides is 1. The molecule has 0 aliphatic carbocycles. The van der Waals surface area contributed by atoms with E-state index < -0.39 is 35.6 Å². The molecule has 0 unspecified atom stereocenters. The van der Waals surface area contributed by atoms with Gasteiger partial charge in [0.2, 0.25) is 17.7 Å². The summed E-state index contributed by atoms with van der Waals surface area (Å²) in [4.78, 5) is 36.4. The van der Waals surface area contributed by atoms with E-state index in [1.54, 1.807) is 12.1 Å². The van der Waals surface area contributed by atoms with Gasteiger partial charge in [0, 0.05) is 19.8 Å². The molecule has 2 aromatic carbocycles. The van der Waals surface area contributed by atoms with E-state index in [2.05, 4.69) is 31.4 Å². The van der Waals surface area contributed by atoms with Gasteiger partial charge in [-0.15, -0.1) is 0 Å². The minimum Gasteiger partial charge on any atom is -0.368 e. The zero-order chi connectivity index (χ0) is 23.2. The summed E-state index contributed by atoms with van der Waals surface area (Å²) in [6.07, 6.45) is 0.381. The van der Waals surface area contributed by atoms with Crippen molar-refractivity contribution in [3.63, 3.8) is 0 Å². The van der Waals surface area contributed by atoms with Gasteiger partial charge in [0.15, 0.2) is 0 Å². The van der Waals surface area contributed by atoms with Crippen LogP contribution in [0.3, 0.4) is 0 Å². The topological polar surface area (TPSA) is 101 Å². The molecule has 0 radical (unpaired) electrons. The van der Waals surface area contributed by atoms with Gasteiger partial charge in [0.1, 0.15) is 17.9 Å². The van der Waals surface area contributed by atoms with Crippen LogP contribution in [0.25, 0.3) is 0 Å². The van der Waals surface area contributed by atoms with Crippen molar-refractivity contribution in [2.24, 2.45) is 5.73 Å². The van der Waals surface area contributed by atoms with Gasteiger partial charge in [0.25, 0.3) is 0 Å². The van der Waals surface area contributed by atoms with E-state index in [4.69, 9.17) is 5.73 Å². The monoisotopic (exact) mass is 427 g/mol. The Hall–Kier alpha value is -3.22. The zero-order valence-corrected chi connectivity index (χ0v) is 18.4. The van der Waals surface area contributed by atoms with Gasteiger partial charge in [-0.3, -0.25) is 14.4 Å². The van der Waals surface area contributed by atoms with Crippen molar-refractivity contribution in [3.8, 4) is 0 Å². The molecule has 0 aromatic heterocycles. The first-order valence-corrected chi connectivity index (χ1v) is 10.2. The van der Waals surface area contributed by atoms with Gasteiger partial charge in [-0.1, -0.05) is 57.2 Å². The van der Waals surface area contributed by atoms with Gasteiger partial charge >= 0.3 is 0 Å². The van der Waals surface area contributed by atoms with Crippen LogP contribution in [-0.4, -0.2) is 29.8 Å². The molecule has 0 bridgehead atoms. The van der Waals surface area contributed by atoms with Gasteiger partial charge < -0.3 is 16.4 Å². The summed E-state index contributed by atoms with van der Waals surface area (Å²) in [7, 11) is 0. The maximum Gasteiger partial charge on any atom is 0.243 e. The minimum absolute atomic E-state index is 0.00175. The van der Waals surface area contributed by atoms with Crippen LogP contribution in [0.2, 0.25) is 0 Å². The van der Waals surface area contributed by atoms with E-state index in [0.717, 1.165) is 11.1 Å². The highest BCUT2D eigenvalue weighted by Gasteiger charge is 2.25. The van der Waals surface area contributed by atoms with E-state index in [0.29, 0.717) is 5.56 Å². The molecule has 7 heteroatoms. The minimum atomic E-state index is -0.933. The largest absolute Gasteiger partial charge is 0.368 e. The first-order valence-electron chi connectivity index (χ1n) is 10.2. The maximum absolute atomic E-state index is 13.2. The van der Waals surface area contributed by atoms with Gasteiger partial charge in [-0.05, 0) is 34.2 Å². The fourth-order valence-corrected chi connectivity index (χ4v) is 3.18. The smallest absolute Gasteiger partial charge is 0.243 e. The number of halogens is 1. The van der Waals surface area contributed by atoms with Gasteiger partial charge in [0.05, 0.1) is 0 Å². The highest BCUT2D eigenvalue weighted by atomic mass is 19.1. The molecule has 0 fully saturated rings. The summed E-state index contributed by atoms with van der Waals surface area (Å²) in [5, 5.41) is 5.22. The highest BCUT2D eigenvalue weighted by molar-refractivity contribution is 5.91. The van der Waals surface area contributed by atoms with Gasteiger partial charge in [-0.2, -0.15) is 0 Å². The van der Waals surface area contributed by atoms with Crippen molar-refractivity contribution in [1.29, 1.82) is 0 Å². The second kappa shape index (κ2) is 10.2. The second-order valence-electron chi connectivity index (χ2n) is 8.70. The van der Waals surface area contributed by atoms with Crippen LogP contribution >= 0.6 is 0 Å². The number of carbonyl (C=O) groups excluding carboxylic acids is 3. The third kappa shape index (κ3) is 7.51. The van der Waals surface area contributed by atoms with Crippen LogP contribution < -0.4 is 16.4 Å². The van der Waals surface area contributed by atoms with E-state index in [-0.39, 0.29) is 18.3 Å². The predicted octanol–water partition coefficient (Wildman–Crippen LogP) is 2.38. The normalized spacial score (nSPS) is 13.2. The van der Waals surface area contributed by atoms with Crippen molar-refractivity contribution >= 4 is 17.7 Å². The van der Waals surface area contributed by atoms with Crippen LogP contribution in [0.15, 0.2) is 48.5 Å².